The van der Waals surface area contributed by atoms with Crippen LogP contribution in [0.15, 0.2) is 24.3 Å². The molecule has 1 aromatic carbocycles. The number of anilines is 1. The van der Waals surface area contributed by atoms with Gasteiger partial charge in [-0.3, -0.25) is 9.78 Å². The number of carbonyl (C=O) groups is 1. The fourth-order valence-electron chi connectivity index (χ4n) is 2.07. The Hall–Kier alpha value is -1.58. The normalized spacial score (nSPS) is 10.4. The third-order valence-corrected chi connectivity index (χ3v) is 3.78. The molecule has 0 bridgehead atoms. The van der Waals surface area contributed by atoms with Gasteiger partial charge in [0.15, 0.2) is 0 Å². The summed E-state index contributed by atoms with van der Waals surface area (Å²) in [6.07, 6.45) is 0. The molecule has 104 valence electrons. The Kier molecular flexibility index (Phi) is 4.31. The number of hydrogen-bond donors (Lipinski definition) is 1. The highest BCUT2D eigenvalue weighted by molar-refractivity contribution is 6.44. The van der Waals surface area contributed by atoms with Crippen LogP contribution in [0.3, 0.4) is 0 Å². The molecule has 1 heterocycles. The second-order valence-electron chi connectivity index (χ2n) is 4.60. The third kappa shape index (κ3) is 2.94. The van der Waals surface area contributed by atoms with Gasteiger partial charge in [0, 0.05) is 5.69 Å². The van der Waals surface area contributed by atoms with Crippen LogP contribution in [0, 0.1) is 20.8 Å². The van der Waals surface area contributed by atoms with Gasteiger partial charge in [-0.1, -0.05) is 29.3 Å². The Balaban J connectivity index is 2.36. The van der Waals surface area contributed by atoms with Gasteiger partial charge in [0.25, 0.3) is 5.91 Å². The minimum Gasteiger partial charge on any atom is -0.320 e. The standard InChI is InChI=1S/C15H14Cl2N2O/c1-8-7-9(2)18-10(3)14(8)19-15(20)11-5-4-6-12(16)13(11)17/h4-7H,1-3H3,(H,19,20). The third-order valence-electron chi connectivity index (χ3n) is 2.96. The quantitative estimate of drug-likeness (QED) is 0.883. The van der Waals surface area contributed by atoms with Crippen molar-refractivity contribution in [3.63, 3.8) is 0 Å². The largest absolute Gasteiger partial charge is 0.320 e. The number of aromatic nitrogens is 1. The van der Waals surface area contributed by atoms with Crippen molar-refractivity contribution in [3.8, 4) is 0 Å². The van der Waals surface area contributed by atoms with Gasteiger partial charge in [-0.05, 0) is 44.5 Å². The molecule has 2 aromatic rings. The van der Waals surface area contributed by atoms with Crippen molar-refractivity contribution in [2.75, 3.05) is 5.32 Å². The summed E-state index contributed by atoms with van der Waals surface area (Å²) in [4.78, 5) is 16.6. The summed E-state index contributed by atoms with van der Waals surface area (Å²) in [5.41, 5.74) is 3.70. The lowest BCUT2D eigenvalue weighted by atomic mass is 10.1. The van der Waals surface area contributed by atoms with Crippen LogP contribution in [0.25, 0.3) is 0 Å². The predicted molar refractivity (Wildman–Crippen MR) is 82.9 cm³/mol. The van der Waals surface area contributed by atoms with E-state index in [4.69, 9.17) is 23.2 Å². The van der Waals surface area contributed by atoms with Crippen LogP contribution < -0.4 is 5.32 Å². The molecule has 0 fully saturated rings. The molecule has 0 radical (unpaired) electrons. The first kappa shape index (κ1) is 14.8. The molecule has 0 spiro atoms. The summed E-state index contributed by atoms with van der Waals surface area (Å²) >= 11 is 12.0. The highest BCUT2D eigenvalue weighted by atomic mass is 35.5. The molecule has 0 aliphatic carbocycles. The van der Waals surface area contributed by atoms with E-state index in [1.165, 1.54) is 0 Å². The monoisotopic (exact) mass is 308 g/mol. The molecule has 0 unspecified atom stereocenters. The number of amides is 1. The predicted octanol–water partition coefficient (Wildman–Crippen LogP) is 4.57. The molecular formula is C15H14Cl2N2O. The molecule has 0 aliphatic rings. The fourth-order valence-corrected chi connectivity index (χ4v) is 2.46. The second kappa shape index (κ2) is 5.81. The van der Waals surface area contributed by atoms with Crippen LogP contribution in [0.1, 0.15) is 27.3 Å². The van der Waals surface area contributed by atoms with E-state index in [0.717, 1.165) is 17.0 Å². The van der Waals surface area contributed by atoms with Gasteiger partial charge < -0.3 is 5.32 Å². The van der Waals surface area contributed by atoms with Crippen LogP contribution in [-0.4, -0.2) is 10.9 Å². The maximum atomic E-state index is 12.3. The summed E-state index contributed by atoms with van der Waals surface area (Å²) in [6.45, 7) is 5.70. The lowest BCUT2D eigenvalue weighted by Gasteiger charge is -2.13. The van der Waals surface area contributed by atoms with Crippen molar-refractivity contribution >= 4 is 34.8 Å². The number of carbonyl (C=O) groups excluding carboxylic acids is 1. The van der Waals surface area contributed by atoms with Gasteiger partial charge in [-0.15, -0.1) is 0 Å². The van der Waals surface area contributed by atoms with E-state index in [9.17, 15) is 4.79 Å². The number of benzene rings is 1. The van der Waals surface area contributed by atoms with Crippen LogP contribution in [0.5, 0.6) is 0 Å². The Morgan fingerprint density at radius 2 is 1.90 bits per heavy atom. The Morgan fingerprint density at radius 1 is 1.20 bits per heavy atom. The topological polar surface area (TPSA) is 42.0 Å². The highest BCUT2D eigenvalue weighted by Gasteiger charge is 2.15. The van der Waals surface area contributed by atoms with Crippen molar-refractivity contribution < 1.29 is 4.79 Å². The minimum atomic E-state index is -0.297. The molecule has 1 N–H and O–H groups in total. The molecule has 0 aliphatic heterocycles. The SMILES string of the molecule is Cc1cc(C)c(NC(=O)c2cccc(Cl)c2Cl)c(C)n1. The molecule has 0 saturated carbocycles. The van der Waals surface area contributed by atoms with Gasteiger partial charge in [0.05, 0.1) is 27.0 Å². The van der Waals surface area contributed by atoms with Crippen LogP contribution in [-0.2, 0) is 0 Å². The Morgan fingerprint density at radius 3 is 2.55 bits per heavy atom. The average Bonchev–Trinajstić information content (AvgIpc) is 2.36. The van der Waals surface area contributed by atoms with Gasteiger partial charge in [0.1, 0.15) is 0 Å². The highest BCUT2D eigenvalue weighted by Crippen LogP contribution is 2.27. The molecule has 0 atom stereocenters. The molecule has 3 nitrogen and oxygen atoms in total. The van der Waals surface area contributed by atoms with Crippen molar-refractivity contribution in [2.45, 2.75) is 20.8 Å². The molecular weight excluding hydrogens is 295 g/mol. The zero-order chi connectivity index (χ0) is 14.9. The first-order valence-electron chi connectivity index (χ1n) is 6.10. The summed E-state index contributed by atoms with van der Waals surface area (Å²) in [5, 5.41) is 3.45. The van der Waals surface area contributed by atoms with Crippen LogP contribution in [0.4, 0.5) is 5.69 Å². The van der Waals surface area contributed by atoms with Crippen molar-refractivity contribution in [3.05, 3.63) is 56.8 Å². The molecule has 20 heavy (non-hydrogen) atoms. The molecule has 1 amide bonds. The van der Waals surface area contributed by atoms with Gasteiger partial charge in [0.2, 0.25) is 0 Å². The zero-order valence-corrected chi connectivity index (χ0v) is 12.9. The Bertz CT molecular complexity index is 661. The van der Waals surface area contributed by atoms with Crippen LogP contribution >= 0.6 is 23.2 Å². The van der Waals surface area contributed by atoms with E-state index >= 15 is 0 Å². The lowest BCUT2D eigenvalue weighted by molar-refractivity contribution is 0.102. The summed E-state index contributed by atoms with van der Waals surface area (Å²) in [6, 6.07) is 6.89. The zero-order valence-electron chi connectivity index (χ0n) is 11.4. The molecule has 1 aromatic heterocycles. The smallest absolute Gasteiger partial charge is 0.257 e. The van der Waals surface area contributed by atoms with Gasteiger partial charge >= 0.3 is 0 Å². The van der Waals surface area contributed by atoms with Crippen molar-refractivity contribution in [1.82, 2.24) is 4.98 Å². The van der Waals surface area contributed by atoms with E-state index in [2.05, 4.69) is 10.3 Å². The van der Waals surface area contributed by atoms with Crippen molar-refractivity contribution in [2.24, 2.45) is 0 Å². The first-order chi connectivity index (χ1) is 9.40. The summed E-state index contributed by atoms with van der Waals surface area (Å²) in [7, 11) is 0. The van der Waals surface area contributed by atoms with E-state index in [1.54, 1.807) is 18.2 Å². The van der Waals surface area contributed by atoms with Gasteiger partial charge in [-0.25, -0.2) is 0 Å². The first-order valence-corrected chi connectivity index (χ1v) is 6.86. The molecule has 5 heteroatoms. The van der Waals surface area contributed by atoms with E-state index in [-0.39, 0.29) is 10.9 Å². The summed E-state index contributed by atoms with van der Waals surface area (Å²) < 4.78 is 0. The summed E-state index contributed by atoms with van der Waals surface area (Å²) in [5.74, 6) is -0.297. The number of nitrogens with zero attached hydrogens (tertiary/aromatic N) is 1. The van der Waals surface area contributed by atoms with E-state index < -0.39 is 0 Å². The number of rotatable bonds is 2. The van der Waals surface area contributed by atoms with E-state index in [0.29, 0.717) is 16.3 Å². The van der Waals surface area contributed by atoms with Crippen molar-refractivity contribution in [1.29, 1.82) is 0 Å². The maximum Gasteiger partial charge on any atom is 0.257 e. The van der Waals surface area contributed by atoms with Crippen LogP contribution in [0.2, 0.25) is 10.0 Å². The van der Waals surface area contributed by atoms with E-state index in [1.807, 2.05) is 26.8 Å². The van der Waals surface area contributed by atoms with Gasteiger partial charge in [-0.2, -0.15) is 0 Å². The number of aryl methyl sites for hydroxylation is 3. The molecule has 2 rings (SSSR count). The number of hydrogen-bond acceptors (Lipinski definition) is 2. The lowest BCUT2D eigenvalue weighted by Crippen LogP contribution is -2.15. The maximum absolute atomic E-state index is 12.3. The number of nitrogens with one attached hydrogen (secondary N) is 1. The Labute approximate surface area is 127 Å². The molecule has 0 saturated heterocycles. The second-order valence-corrected chi connectivity index (χ2v) is 5.38. The average molecular weight is 309 g/mol. The fraction of sp³-hybridized carbons (Fsp3) is 0.200. The minimum absolute atomic E-state index is 0.252. The number of halogens is 2. The number of pyridine rings is 1.